The Kier molecular flexibility index (Phi) is 5.64. The fraction of sp³-hybridized carbons (Fsp3) is 0.250. The predicted octanol–water partition coefficient (Wildman–Crippen LogP) is 4.36. The van der Waals surface area contributed by atoms with Crippen molar-refractivity contribution in [3.63, 3.8) is 0 Å². The van der Waals surface area contributed by atoms with Crippen molar-refractivity contribution >= 4 is 17.7 Å². The van der Waals surface area contributed by atoms with Crippen LogP contribution >= 0.6 is 0 Å². The molecule has 4 heteroatoms. The summed E-state index contributed by atoms with van der Waals surface area (Å²) in [7, 11) is 3.18. The van der Waals surface area contributed by atoms with Crippen LogP contribution in [-0.2, 0) is 4.79 Å². The van der Waals surface area contributed by atoms with Gasteiger partial charge in [-0.3, -0.25) is 4.79 Å². The first-order valence-electron chi connectivity index (χ1n) is 7.74. The third-order valence-corrected chi connectivity index (χ3v) is 4.00. The highest BCUT2D eigenvalue weighted by molar-refractivity contribution is 6.06. The number of nitrogens with one attached hydrogen (secondary N) is 1. The Morgan fingerprint density at radius 1 is 1.04 bits per heavy atom. The van der Waals surface area contributed by atoms with E-state index in [4.69, 9.17) is 9.47 Å². The fourth-order valence-electron chi connectivity index (χ4n) is 2.37. The molecule has 1 amide bonds. The normalized spacial score (nSPS) is 11.1. The van der Waals surface area contributed by atoms with E-state index in [1.54, 1.807) is 21.1 Å². The van der Waals surface area contributed by atoms with Crippen LogP contribution in [0.3, 0.4) is 0 Å². The Balaban J connectivity index is 2.21. The number of rotatable bonds is 5. The number of aryl methyl sites for hydroxylation is 1. The maximum absolute atomic E-state index is 12.4. The van der Waals surface area contributed by atoms with E-state index in [-0.39, 0.29) is 5.91 Å². The Bertz CT molecular complexity index is 778. The molecule has 0 saturated carbocycles. The number of hydrogen-bond acceptors (Lipinski definition) is 3. The van der Waals surface area contributed by atoms with E-state index in [1.807, 2.05) is 56.3 Å². The zero-order chi connectivity index (χ0) is 17.7. The summed E-state index contributed by atoms with van der Waals surface area (Å²) >= 11 is 0. The number of anilines is 1. The van der Waals surface area contributed by atoms with Crippen LogP contribution in [0.25, 0.3) is 6.08 Å². The van der Waals surface area contributed by atoms with Crippen molar-refractivity contribution in [2.75, 3.05) is 19.5 Å². The van der Waals surface area contributed by atoms with Gasteiger partial charge in [0.15, 0.2) is 11.5 Å². The summed E-state index contributed by atoms with van der Waals surface area (Å²) in [5.74, 6) is 1.17. The average Bonchev–Trinajstić information content (AvgIpc) is 2.58. The molecular formula is C20H23NO3. The van der Waals surface area contributed by atoms with E-state index in [1.165, 1.54) is 0 Å². The largest absolute Gasteiger partial charge is 0.493 e. The Labute approximate surface area is 143 Å². The first-order chi connectivity index (χ1) is 11.5. The molecular weight excluding hydrogens is 302 g/mol. The lowest BCUT2D eigenvalue weighted by atomic mass is 10.1. The number of hydrogen-bond donors (Lipinski definition) is 1. The van der Waals surface area contributed by atoms with Gasteiger partial charge >= 0.3 is 0 Å². The van der Waals surface area contributed by atoms with Gasteiger partial charge in [-0.05, 0) is 61.7 Å². The number of carbonyl (C=O) groups excluding carboxylic acids is 1. The third kappa shape index (κ3) is 3.96. The summed E-state index contributed by atoms with van der Waals surface area (Å²) in [6.07, 6.45) is 1.82. The van der Waals surface area contributed by atoms with Crippen LogP contribution in [0.4, 0.5) is 5.69 Å². The van der Waals surface area contributed by atoms with Crippen LogP contribution in [0.5, 0.6) is 11.5 Å². The Morgan fingerprint density at radius 3 is 2.42 bits per heavy atom. The Morgan fingerprint density at radius 2 is 1.75 bits per heavy atom. The lowest BCUT2D eigenvalue weighted by Crippen LogP contribution is -2.13. The second-order valence-corrected chi connectivity index (χ2v) is 5.64. The van der Waals surface area contributed by atoms with Crippen LogP contribution in [-0.4, -0.2) is 20.1 Å². The summed E-state index contributed by atoms with van der Waals surface area (Å²) in [6, 6.07) is 11.4. The molecule has 0 radical (unpaired) electrons. The number of carbonyl (C=O) groups is 1. The second kappa shape index (κ2) is 7.68. The summed E-state index contributed by atoms with van der Waals surface area (Å²) in [6.45, 7) is 5.81. The zero-order valence-electron chi connectivity index (χ0n) is 14.8. The van der Waals surface area contributed by atoms with Crippen molar-refractivity contribution in [2.45, 2.75) is 20.8 Å². The number of methoxy groups -OCH3 is 2. The van der Waals surface area contributed by atoms with Crippen LogP contribution in [0.2, 0.25) is 0 Å². The summed E-state index contributed by atoms with van der Waals surface area (Å²) < 4.78 is 10.5. The molecule has 0 aromatic heterocycles. The van der Waals surface area contributed by atoms with Gasteiger partial charge in [0, 0.05) is 11.3 Å². The molecule has 2 rings (SSSR count). The first kappa shape index (κ1) is 17.6. The standard InChI is InChI=1S/C20H23NO3/c1-13-7-6-8-17(15(13)3)21-20(22)14(2)11-16-9-10-18(23-4)19(12-16)24-5/h6-12H,1-5H3,(H,21,22)/b14-11+. The van der Waals surface area contributed by atoms with Gasteiger partial charge in [0.05, 0.1) is 14.2 Å². The van der Waals surface area contributed by atoms with Gasteiger partial charge in [-0.15, -0.1) is 0 Å². The highest BCUT2D eigenvalue weighted by atomic mass is 16.5. The molecule has 1 N–H and O–H groups in total. The highest BCUT2D eigenvalue weighted by Crippen LogP contribution is 2.28. The minimum Gasteiger partial charge on any atom is -0.493 e. The average molecular weight is 325 g/mol. The molecule has 2 aromatic carbocycles. The second-order valence-electron chi connectivity index (χ2n) is 5.64. The SMILES string of the molecule is COc1ccc(/C=C(\C)C(=O)Nc2cccc(C)c2C)cc1OC. The van der Waals surface area contributed by atoms with Crippen molar-refractivity contribution in [3.8, 4) is 11.5 Å². The zero-order valence-corrected chi connectivity index (χ0v) is 14.8. The molecule has 126 valence electrons. The molecule has 0 aliphatic heterocycles. The van der Waals surface area contributed by atoms with Crippen molar-refractivity contribution in [1.29, 1.82) is 0 Å². The van der Waals surface area contributed by atoms with Gasteiger partial charge in [-0.25, -0.2) is 0 Å². The number of ether oxygens (including phenoxy) is 2. The number of benzene rings is 2. The molecule has 0 aliphatic carbocycles. The summed E-state index contributed by atoms with van der Waals surface area (Å²) in [5, 5.41) is 2.96. The van der Waals surface area contributed by atoms with E-state index in [2.05, 4.69) is 5.32 Å². The van der Waals surface area contributed by atoms with Crippen LogP contribution in [0, 0.1) is 13.8 Å². The van der Waals surface area contributed by atoms with Crippen molar-refractivity contribution < 1.29 is 14.3 Å². The highest BCUT2D eigenvalue weighted by Gasteiger charge is 2.09. The molecule has 0 fully saturated rings. The predicted molar refractivity (Wildman–Crippen MR) is 97.7 cm³/mol. The molecule has 0 spiro atoms. The smallest absolute Gasteiger partial charge is 0.251 e. The first-order valence-corrected chi connectivity index (χ1v) is 7.74. The topological polar surface area (TPSA) is 47.6 Å². The van der Waals surface area contributed by atoms with Crippen LogP contribution in [0.15, 0.2) is 42.0 Å². The molecule has 2 aromatic rings. The molecule has 0 atom stereocenters. The molecule has 0 unspecified atom stereocenters. The molecule has 0 heterocycles. The van der Waals surface area contributed by atoms with Crippen LogP contribution in [0.1, 0.15) is 23.6 Å². The van der Waals surface area contributed by atoms with E-state index in [0.29, 0.717) is 17.1 Å². The minimum absolute atomic E-state index is 0.126. The lowest BCUT2D eigenvalue weighted by molar-refractivity contribution is -0.112. The van der Waals surface area contributed by atoms with E-state index in [9.17, 15) is 4.79 Å². The third-order valence-electron chi connectivity index (χ3n) is 4.00. The van der Waals surface area contributed by atoms with Crippen molar-refractivity contribution in [1.82, 2.24) is 0 Å². The molecule has 4 nitrogen and oxygen atoms in total. The quantitative estimate of drug-likeness (QED) is 0.831. The van der Waals surface area contributed by atoms with E-state index >= 15 is 0 Å². The molecule has 0 aliphatic rings. The van der Waals surface area contributed by atoms with Gasteiger partial charge in [0.2, 0.25) is 0 Å². The minimum atomic E-state index is -0.126. The summed E-state index contributed by atoms with van der Waals surface area (Å²) in [5.41, 5.74) is 4.54. The molecule has 0 saturated heterocycles. The Hall–Kier alpha value is -2.75. The van der Waals surface area contributed by atoms with Crippen molar-refractivity contribution in [2.24, 2.45) is 0 Å². The molecule has 24 heavy (non-hydrogen) atoms. The maximum atomic E-state index is 12.4. The van der Waals surface area contributed by atoms with Crippen molar-refractivity contribution in [3.05, 3.63) is 58.7 Å². The van der Waals surface area contributed by atoms with E-state index in [0.717, 1.165) is 22.4 Å². The monoisotopic (exact) mass is 325 g/mol. The van der Waals surface area contributed by atoms with Gasteiger partial charge in [-0.1, -0.05) is 18.2 Å². The van der Waals surface area contributed by atoms with Gasteiger partial charge in [-0.2, -0.15) is 0 Å². The van der Waals surface area contributed by atoms with Gasteiger partial charge in [0.1, 0.15) is 0 Å². The fourth-order valence-corrected chi connectivity index (χ4v) is 2.37. The van der Waals surface area contributed by atoms with Crippen LogP contribution < -0.4 is 14.8 Å². The van der Waals surface area contributed by atoms with Gasteiger partial charge in [0.25, 0.3) is 5.91 Å². The lowest BCUT2D eigenvalue weighted by Gasteiger charge is -2.11. The maximum Gasteiger partial charge on any atom is 0.251 e. The number of amides is 1. The van der Waals surface area contributed by atoms with Gasteiger partial charge < -0.3 is 14.8 Å². The summed E-state index contributed by atoms with van der Waals surface area (Å²) in [4.78, 5) is 12.4. The molecule has 0 bridgehead atoms. The van der Waals surface area contributed by atoms with E-state index < -0.39 is 0 Å².